The summed E-state index contributed by atoms with van der Waals surface area (Å²) in [6.45, 7) is 9.80. The topological polar surface area (TPSA) is 3.24 Å². The lowest BCUT2D eigenvalue weighted by molar-refractivity contribution is 0.364. The van der Waals surface area contributed by atoms with Crippen molar-refractivity contribution in [1.82, 2.24) is 4.90 Å². The highest BCUT2D eigenvalue weighted by Crippen LogP contribution is 2.13. The van der Waals surface area contributed by atoms with Crippen molar-refractivity contribution in [3.05, 3.63) is 24.9 Å². The van der Waals surface area contributed by atoms with Crippen LogP contribution in [0.1, 0.15) is 13.3 Å². The summed E-state index contributed by atoms with van der Waals surface area (Å²) in [5, 5.41) is 0. The smallest absolute Gasteiger partial charge is 0.0495 e. The Labute approximate surface area is 80.5 Å². The maximum atomic E-state index is 3.98. The van der Waals surface area contributed by atoms with Gasteiger partial charge in [-0.15, -0.1) is 0 Å². The van der Waals surface area contributed by atoms with E-state index < -0.39 is 0 Å². The molecule has 2 heteroatoms. The molecule has 70 valence electrons. The minimum atomic E-state index is 0.454. The Kier molecular flexibility index (Phi) is 5.99. The van der Waals surface area contributed by atoms with Crippen LogP contribution < -0.4 is 0 Å². The molecule has 0 saturated heterocycles. The monoisotopic (exact) mass is 185 g/mol. The molecule has 0 unspecified atom stereocenters. The molecule has 0 bridgehead atoms. The van der Waals surface area contributed by atoms with Crippen molar-refractivity contribution in [2.75, 3.05) is 19.1 Å². The van der Waals surface area contributed by atoms with Crippen LogP contribution in [0.4, 0.5) is 0 Å². The maximum absolute atomic E-state index is 3.98. The van der Waals surface area contributed by atoms with Gasteiger partial charge in [0.1, 0.15) is 0 Å². The predicted octanol–water partition coefficient (Wildman–Crippen LogP) is 2.76. The number of thioether (sulfide) groups is 1. The maximum Gasteiger partial charge on any atom is 0.0495 e. The van der Waals surface area contributed by atoms with Crippen molar-refractivity contribution in [3.63, 3.8) is 0 Å². The standard InChI is InChI=1S/C10H19NS/c1-6-11(4)10(9(2)3)7-8-12-5/h6,10H,1-2,7-8H2,3-5H3/t10-/m0/s1. The van der Waals surface area contributed by atoms with Crippen LogP contribution in [0.3, 0.4) is 0 Å². The van der Waals surface area contributed by atoms with Crippen molar-refractivity contribution in [2.24, 2.45) is 0 Å². The van der Waals surface area contributed by atoms with E-state index in [2.05, 4.69) is 31.2 Å². The summed E-state index contributed by atoms with van der Waals surface area (Å²) in [6.07, 6.45) is 5.14. The van der Waals surface area contributed by atoms with Crippen LogP contribution in [0.25, 0.3) is 0 Å². The Morgan fingerprint density at radius 3 is 2.58 bits per heavy atom. The second kappa shape index (κ2) is 6.18. The van der Waals surface area contributed by atoms with E-state index in [1.54, 1.807) is 0 Å². The summed E-state index contributed by atoms with van der Waals surface area (Å²) in [5.41, 5.74) is 1.21. The molecule has 0 aliphatic rings. The van der Waals surface area contributed by atoms with Gasteiger partial charge in [-0.25, -0.2) is 0 Å². The second-order valence-electron chi connectivity index (χ2n) is 2.99. The summed E-state index contributed by atoms with van der Waals surface area (Å²) < 4.78 is 0. The molecule has 0 aromatic carbocycles. The molecule has 0 N–H and O–H groups in total. The zero-order valence-electron chi connectivity index (χ0n) is 8.34. The van der Waals surface area contributed by atoms with Crippen LogP contribution >= 0.6 is 11.8 Å². The van der Waals surface area contributed by atoms with Crippen molar-refractivity contribution in [2.45, 2.75) is 19.4 Å². The van der Waals surface area contributed by atoms with Gasteiger partial charge in [0.2, 0.25) is 0 Å². The molecule has 0 aromatic rings. The molecule has 0 fully saturated rings. The first-order valence-electron chi connectivity index (χ1n) is 4.12. The van der Waals surface area contributed by atoms with Crippen LogP contribution in [0, 0.1) is 0 Å². The van der Waals surface area contributed by atoms with E-state index in [1.165, 1.54) is 11.3 Å². The first-order valence-corrected chi connectivity index (χ1v) is 5.51. The molecule has 0 amide bonds. The number of nitrogens with zero attached hydrogens (tertiary/aromatic N) is 1. The molecule has 0 aliphatic heterocycles. The summed E-state index contributed by atoms with van der Waals surface area (Å²) in [7, 11) is 2.05. The first-order chi connectivity index (χ1) is 5.63. The van der Waals surface area contributed by atoms with Crippen molar-refractivity contribution in [3.8, 4) is 0 Å². The molecule has 1 nitrogen and oxygen atoms in total. The van der Waals surface area contributed by atoms with Gasteiger partial charge in [0.25, 0.3) is 0 Å². The largest absolute Gasteiger partial charge is 0.374 e. The lowest BCUT2D eigenvalue weighted by atomic mass is 10.1. The summed E-state index contributed by atoms with van der Waals surface area (Å²) in [6, 6.07) is 0.454. The second-order valence-corrected chi connectivity index (χ2v) is 3.98. The molecule has 0 spiro atoms. The van der Waals surface area contributed by atoms with Crippen LogP contribution in [0.15, 0.2) is 24.9 Å². The minimum absolute atomic E-state index is 0.454. The van der Waals surface area contributed by atoms with E-state index in [0.29, 0.717) is 6.04 Å². The Morgan fingerprint density at radius 1 is 1.67 bits per heavy atom. The van der Waals surface area contributed by atoms with E-state index in [9.17, 15) is 0 Å². The quantitative estimate of drug-likeness (QED) is 0.585. The van der Waals surface area contributed by atoms with Gasteiger partial charge in [-0.3, -0.25) is 0 Å². The Hall–Kier alpha value is -0.370. The molecule has 1 atom stereocenters. The molecular weight excluding hydrogens is 166 g/mol. The number of hydrogen-bond acceptors (Lipinski definition) is 2. The fourth-order valence-electron chi connectivity index (χ4n) is 1.15. The zero-order valence-corrected chi connectivity index (χ0v) is 9.16. The van der Waals surface area contributed by atoms with Gasteiger partial charge in [-0.1, -0.05) is 18.7 Å². The summed E-state index contributed by atoms with van der Waals surface area (Å²) in [4.78, 5) is 2.12. The van der Waals surface area contributed by atoms with Crippen molar-refractivity contribution in [1.29, 1.82) is 0 Å². The minimum Gasteiger partial charge on any atom is -0.374 e. The average molecular weight is 185 g/mol. The SMILES string of the molecule is C=CN(C)[C@@H](CCSC)C(=C)C. The summed E-state index contributed by atoms with van der Waals surface area (Å²) in [5.74, 6) is 1.18. The third-order valence-corrected chi connectivity index (χ3v) is 2.59. The Bertz CT molecular complexity index is 154. The molecule has 0 saturated carbocycles. The lowest BCUT2D eigenvalue weighted by Crippen LogP contribution is -2.28. The molecule has 0 heterocycles. The van der Waals surface area contributed by atoms with E-state index >= 15 is 0 Å². The van der Waals surface area contributed by atoms with Gasteiger partial charge in [0, 0.05) is 13.1 Å². The first kappa shape index (κ1) is 11.6. The lowest BCUT2D eigenvalue weighted by Gasteiger charge is -2.26. The van der Waals surface area contributed by atoms with Crippen molar-refractivity contribution >= 4 is 11.8 Å². The third-order valence-electron chi connectivity index (χ3n) is 1.94. The zero-order chi connectivity index (χ0) is 9.56. The van der Waals surface area contributed by atoms with Gasteiger partial charge in [0.15, 0.2) is 0 Å². The van der Waals surface area contributed by atoms with E-state index in [0.717, 1.165) is 6.42 Å². The average Bonchev–Trinajstić information content (AvgIpc) is 2.04. The molecular formula is C10H19NS. The Morgan fingerprint density at radius 2 is 2.25 bits per heavy atom. The molecule has 0 radical (unpaired) electrons. The van der Waals surface area contributed by atoms with Crippen LogP contribution in [0.5, 0.6) is 0 Å². The van der Waals surface area contributed by atoms with E-state index in [-0.39, 0.29) is 0 Å². The van der Waals surface area contributed by atoms with Gasteiger partial charge >= 0.3 is 0 Å². The van der Waals surface area contributed by atoms with Gasteiger partial charge in [-0.05, 0) is 31.6 Å². The van der Waals surface area contributed by atoms with Gasteiger partial charge < -0.3 is 4.90 Å². The number of hydrogen-bond donors (Lipinski definition) is 0. The summed E-state index contributed by atoms with van der Waals surface area (Å²) >= 11 is 1.87. The number of rotatable bonds is 6. The fourth-order valence-corrected chi connectivity index (χ4v) is 1.61. The van der Waals surface area contributed by atoms with Gasteiger partial charge in [0.05, 0.1) is 0 Å². The highest BCUT2D eigenvalue weighted by atomic mass is 32.2. The van der Waals surface area contributed by atoms with Crippen LogP contribution in [0.2, 0.25) is 0 Å². The predicted molar refractivity (Wildman–Crippen MR) is 59.6 cm³/mol. The normalized spacial score (nSPS) is 12.2. The van der Waals surface area contributed by atoms with E-state index in [1.807, 2.05) is 25.0 Å². The van der Waals surface area contributed by atoms with Crippen LogP contribution in [-0.4, -0.2) is 30.0 Å². The Balaban J connectivity index is 4.03. The van der Waals surface area contributed by atoms with E-state index in [4.69, 9.17) is 0 Å². The molecule has 12 heavy (non-hydrogen) atoms. The number of likely N-dealkylation sites (N-methyl/N-ethyl adjacent to an activating group) is 1. The van der Waals surface area contributed by atoms with Crippen molar-refractivity contribution < 1.29 is 0 Å². The van der Waals surface area contributed by atoms with Crippen LogP contribution in [-0.2, 0) is 0 Å². The molecule has 0 aliphatic carbocycles. The molecule has 0 aromatic heterocycles. The van der Waals surface area contributed by atoms with Gasteiger partial charge in [-0.2, -0.15) is 11.8 Å². The fraction of sp³-hybridized carbons (Fsp3) is 0.600. The molecule has 0 rings (SSSR count). The highest BCUT2D eigenvalue weighted by Gasteiger charge is 2.10. The third kappa shape index (κ3) is 3.86. The highest BCUT2D eigenvalue weighted by molar-refractivity contribution is 7.98.